The van der Waals surface area contributed by atoms with Gasteiger partial charge in [-0.25, -0.2) is 13.1 Å². The van der Waals surface area contributed by atoms with Crippen LogP contribution in [-0.4, -0.2) is 26.4 Å². The summed E-state index contributed by atoms with van der Waals surface area (Å²) < 4.78 is 67.3. The molecule has 2 N–H and O–H groups in total. The molecule has 10 heteroatoms. The van der Waals surface area contributed by atoms with Crippen molar-refractivity contribution < 1.29 is 31.4 Å². The Kier molecular flexibility index (Phi) is 5.04. The fourth-order valence-corrected chi connectivity index (χ4v) is 5.03. The van der Waals surface area contributed by atoms with Gasteiger partial charge in [-0.05, 0) is 60.5 Å². The van der Waals surface area contributed by atoms with Gasteiger partial charge in [-0.3, -0.25) is 0 Å². The van der Waals surface area contributed by atoms with Crippen molar-refractivity contribution >= 4 is 21.4 Å². The lowest BCUT2D eigenvalue weighted by atomic mass is 9.83. The third-order valence-electron chi connectivity index (χ3n) is 4.16. The van der Waals surface area contributed by atoms with E-state index >= 15 is 0 Å². The minimum atomic E-state index is -4.85. The van der Waals surface area contributed by atoms with Crippen LogP contribution in [0.25, 0.3) is 0 Å². The molecule has 1 unspecified atom stereocenters. The molecular weight excluding hydrogens is 391 g/mol. The molecule has 142 valence electrons. The highest BCUT2D eigenvalue weighted by Gasteiger charge is 2.36. The summed E-state index contributed by atoms with van der Waals surface area (Å²) in [6.07, 6.45) is -2.82. The van der Waals surface area contributed by atoms with Gasteiger partial charge in [-0.1, -0.05) is 0 Å². The highest BCUT2D eigenvalue weighted by molar-refractivity contribution is 7.89. The maximum Gasteiger partial charge on any atom is 0.573 e. The quantitative estimate of drug-likeness (QED) is 0.799. The van der Waals surface area contributed by atoms with Crippen LogP contribution in [0.5, 0.6) is 5.75 Å². The van der Waals surface area contributed by atoms with Crippen LogP contribution in [0.3, 0.4) is 0 Å². The van der Waals surface area contributed by atoms with Crippen LogP contribution in [0.2, 0.25) is 0 Å². The summed E-state index contributed by atoms with van der Waals surface area (Å²) in [6, 6.07) is 5.67. The normalized spacial score (nSPS) is 20.6. The van der Waals surface area contributed by atoms with Crippen LogP contribution in [0.15, 0.2) is 40.6 Å². The van der Waals surface area contributed by atoms with Crippen molar-refractivity contribution in [1.82, 2.24) is 4.72 Å². The summed E-state index contributed by atoms with van der Waals surface area (Å²) >= 11 is 1.52. The number of thiophene rings is 1. The van der Waals surface area contributed by atoms with Crippen LogP contribution in [0.4, 0.5) is 13.2 Å². The van der Waals surface area contributed by atoms with Crippen molar-refractivity contribution in [1.29, 1.82) is 0 Å². The fourth-order valence-electron chi connectivity index (χ4n) is 2.93. The number of halogens is 3. The van der Waals surface area contributed by atoms with E-state index in [-0.39, 0.29) is 11.4 Å². The van der Waals surface area contributed by atoms with Crippen molar-refractivity contribution in [2.75, 3.05) is 6.54 Å². The highest BCUT2D eigenvalue weighted by Crippen LogP contribution is 2.38. The Hall–Kier alpha value is -1.62. The van der Waals surface area contributed by atoms with Gasteiger partial charge in [-0.2, -0.15) is 0 Å². The average molecular weight is 407 g/mol. The molecule has 0 spiro atoms. The Balaban J connectivity index is 1.72. The third-order valence-corrected chi connectivity index (χ3v) is 6.56. The SMILES string of the molecule is O=S(=O)(NCC1(O)CCCc2sccc21)c1ccc(OC(F)(F)F)cc1. The first-order valence-electron chi connectivity index (χ1n) is 7.74. The topological polar surface area (TPSA) is 75.6 Å². The van der Waals surface area contributed by atoms with Gasteiger partial charge >= 0.3 is 6.36 Å². The third kappa shape index (κ3) is 4.20. The number of rotatable bonds is 5. The van der Waals surface area contributed by atoms with Crippen molar-refractivity contribution in [3.05, 3.63) is 46.2 Å². The number of aryl methyl sites for hydroxylation is 1. The average Bonchev–Trinajstić information content (AvgIpc) is 3.03. The molecule has 1 aromatic carbocycles. The van der Waals surface area contributed by atoms with Crippen LogP contribution >= 0.6 is 11.3 Å². The molecule has 5 nitrogen and oxygen atoms in total. The first-order valence-corrected chi connectivity index (χ1v) is 10.1. The van der Waals surface area contributed by atoms with E-state index in [0.717, 1.165) is 47.5 Å². The predicted molar refractivity (Wildman–Crippen MR) is 89.5 cm³/mol. The molecule has 3 rings (SSSR count). The molecule has 1 aliphatic carbocycles. The van der Waals surface area contributed by atoms with E-state index in [1.54, 1.807) is 6.07 Å². The molecule has 1 aliphatic rings. The second-order valence-corrected chi connectivity index (χ2v) is 8.75. The van der Waals surface area contributed by atoms with Crippen LogP contribution in [-0.2, 0) is 22.0 Å². The van der Waals surface area contributed by atoms with Crippen molar-refractivity contribution in [3.8, 4) is 5.75 Å². The molecule has 0 amide bonds. The minimum absolute atomic E-state index is 0.208. The van der Waals surface area contributed by atoms with E-state index in [0.29, 0.717) is 6.42 Å². The van der Waals surface area contributed by atoms with Gasteiger partial charge in [0.15, 0.2) is 0 Å². The van der Waals surface area contributed by atoms with E-state index in [1.165, 1.54) is 11.3 Å². The molecule has 26 heavy (non-hydrogen) atoms. The summed E-state index contributed by atoms with van der Waals surface area (Å²) in [7, 11) is -3.99. The molecule has 1 heterocycles. The molecule has 1 atom stereocenters. The zero-order chi connectivity index (χ0) is 19.0. The lowest BCUT2D eigenvalue weighted by molar-refractivity contribution is -0.274. The van der Waals surface area contributed by atoms with Gasteiger partial charge in [0.2, 0.25) is 10.0 Å². The Bertz CT molecular complexity index is 878. The molecule has 2 aromatic rings. The van der Waals surface area contributed by atoms with Crippen molar-refractivity contribution in [2.45, 2.75) is 36.1 Å². The number of aliphatic hydroxyl groups is 1. The van der Waals surface area contributed by atoms with E-state index in [2.05, 4.69) is 9.46 Å². The standard InChI is InChI=1S/C16H16F3NO4S2/c17-16(18,19)24-11-3-5-12(6-4-11)26(22,23)20-10-15(21)8-1-2-14-13(15)7-9-25-14/h3-7,9,20-21H,1-2,8,10H2. The zero-order valence-corrected chi connectivity index (χ0v) is 15.0. The van der Waals surface area contributed by atoms with Crippen molar-refractivity contribution in [3.63, 3.8) is 0 Å². The van der Waals surface area contributed by atoms with Crippen LogP contribution in [0.1, 0.15) is 23.3 Å². The van der Waals surface area contributed by atoms with Crippen LogP contribution < -0.4 is 9.46 Å². The maximum atomic E-state index is 12.4. The van der Waals surface area contributed by atoms with E-state index in [1.807, 2.05) is 5.38 Å². The number of fused-ring (bicyclic) bond motifs is 1. The number of hydrogen-bond donors (Lipinski definition) is 2. The summed E-state index contributed by atoms with van der Waals surface area (Å²) in [5.41, 5.74) is -0.564. The Morgan fingerprint density at radius 3 is 2.58 bits per heavy atom. The molecule has 0 bridgehead atoms. The Labute approximate surface area is 152 Å². The van der Waals surface area contributed by atoms with Gasteiger partial charge in [0.25, 0.3) is 0 Å². The summed E-state index contributed by atoms with van der Waals surface area (Å²) in [5.74, 6) is -0.509. The number of nitrogens with one attached hydrogen (secondary N) is 1. The van der Waals surface area contributed by atoms with Gasteiger partial charge in [-0.15, -0.1) is 24.5 Å². The van der Waals surface area contributed by atoms with E-state index in [9.17, 15) is 26.7 Å². The molecule has 0 saturated heterocycles. The largest absolute Gasteiger partial charge is 0.573 e. The summed E-state index contributed by atoms with van der Waals surface area (Å²) in [6.45, 7) is -0.208. The molecular formula is C16H16F3NO4S2. The number of sulfonamides is 1. The number of ether oxygens (including phenoxy) is 1. The lowest BCUT2D eigenvalue weighted by Crippen LogP contribution is -2.42. The minimum Gasteiger partial charge on any atom is -0.406 e. The smallest absolute Gasteiger partial charge is 0.406 e. The molecule has 0 aliphatic heterocycles. The van der Waals surface area contributed by atoms with Gasteiger partial charge in [0.05, 0.1) is 4.90 Å². The number of alkyl halides is 3. The number of hydrogen-bond acceptors (Lipinski definition) is 5. The molecule has 0 saturated carbocycles. The molecule has 0 radical (unpaired) electrons. The van der Waals surface area contributed by atoms with Gasteiger partial charge < -0.3 is 9.84 Å². The fraction of sp³-hybridized carbons (Fsp3) is 0.375. The Morgan fingerprint density at radius 1 is 1.23 bits per heavy atom. The number of benzene rings is 1. The maximum absolute atomic E-state index is 12.4. The monoisotopic (exact) mass is 407 g/mol. The Morgan fingerprint density at radius 2 is 1.92 bits per heavy atom. The van der Waals surface area contributed by atoms with Crippen LogP contribution in [0, 0.1) is 0 Å². The first kappa shape index (κ1) is 19.2. The molecule has 1 aromatic heterocycles. The van der Waals surface area contributed by atoms with Crippen molar-refractivity contribution in [2.24, 2.45) is 0 Å². The predicted octanol–water partition coefficient (Wildman–Crippen LogP) is 3.15. The van der Waals surface area contributed by atoms with Gasteiger partial charge in [0, 0.05) is 11.4 Å². The van der Waals surface area contributed by atoms with Gasteiger partial charge in [0.1, 0.15) is 11.4 Å². The molecule has 0 fully saturated rings. The second-order valence-electron chi connectivity index (χ2n) is 5.99. The van der Waals surface area contributed by atoms with E-state index < -0.39 is 27.7 Å². The summed E-state index contributed by atoms with van der Waals surface area (Å²) in [4.78, 5) is 0.823. The lowest BCUT2D eigenvalue weighted by Gasteiger charge is -2.32. The van der Waals surface area contributed by atoms with E-state index in [4.69, 9.17) is 0 Å². The second kappa shape index (κ2) is 6.84. The first-order chi connectivity index (χ1) is 12.1. The highest BCUT2D eigenvalue weighted by atomic mass is 32.2. The zero-order valence-electron chi connectivity index (χ0n) is 13.4. The summed E-state index contributed by atoms with van der Waals surface area (Å²) in [5, 5.41) is 12.7.